The molecule has 1 rings (SSSR count). The Labute approximate surface area is 122 Å². The van der Waals surface area contributed by atoms with Crippen LogP contribution in [0.15, 0.2) is 23.2 Å². The molecular weight excluding hydrogens is 356 g/mol. The number of aliphatic hydroxyl groups excluding tert-OH is 1. The highest BCUT2D eigenvalue weighted by Crippen LogP contribution is 2.26. The highest BCUT2D eigenvalue weighted by Gasteiger charge is 2.02. The first kappa shape index (κ1) is 16.3. The van der Waals surface area contributed by atoms with Crippen LogP contribution in [0.25, 0.3) is 0 Å². The van der Waals surface area contributed by atoms with Crippen molar-refractivity contribution in [3.63, 3.8) is 0 Å². The van der Waals surface area contributed by atoms with E-state index in [4.69, 9.17) is 27.2 Å². The lowest BCUT2D eigenvalue weighted by atomic mass is 10.3. The summed E-state index contributed by atoms with van der Waals surface area (Å²) in [5.41, 5.74) is 6.28. The summed E-state index contributed by atoms with van der Waals surface area (Å²) in [4.78, 5) is 3.87. The Morgan fingerprint density at radius 3 is 2.82 bits per heavy atom. The highest BCUT2D eigenvalue weighted by molar-refractivity contribution is 14.0. The lowest BCUT2D eigenvalue weighted by molar-refractivity contribution is 0.307. The molecule has 1 aromatic rings. The van der Waals surface area contributed by atoms with Gasteiger partial charge < -0.3 is 20.9 Å². The molecule has 0 aliphatic carbocycles. The Morgan fingerprint density at radius 1 is 1.59 bits per heavy atom. The van der Waals surface area contributed by atoms with E-state index in [-0.39, 0.29) is 43.1 Å². The molecule has 0 unspecified atom stereocenters. The molecule has 0 saturated carbocycles. The maximum absolute atomic E-state index is 8.57. The van der Waals surface area contributed by atoms with Crippen molar-refractivity contribution >= 4 is 47.2 Å². The number of rotatable bonds is 4. The molecule has 17 heavy (non-hydrogen) atoms. The van der Waals surface area contributed by atoms with Gasteiger partial charge in [0.1, 0.15) is 5.75 Å². The van der Waals surface area contributed by atoms with E-state index in [1.807, 2.05) is 0 Å². The number of nitrogens with two attached hydrogens (primary N) is 1. The van der Waals surface area contributed by atoms with Crippen LogP contribution in [0.5, 0.6) is 5.75 Å². The van der Waals surface area contributed by atoms with Crippen molar-refractivity contribution in [3.8, 4) is 5.75 Å². The molecule has 0 fully saturated rings. The summed E-state index contributed by atoms with van der Waals surface area (Å²) < 4.78 is 5.02. The Bertz CT molecular complexity index is 388. The van der Waals surface area contributed by atoms with Crippen LogP contribution in [0.1, 0.15) is 0 Å². The molecule has 0 amide bonds. The van der Waals surface area contributed by atoms with Gasteiger partial charge in [0, 0.05) is 5.69 Å². The molecule has 1 aromatic carbocycles. The SMILES string of the molecule is COc1ccc(NC(N)=NCCO)cc1Cl.I. The summed E-state index contributed by atoms with van der Waals surface area (Å²) in [7, 11) is 1.55. The molecule has 0 atom stereocenters. The number of anilines is 1. The number of methoxy groups -OCH3 is 1. The molecule has 0 bridgehead atoms. The summed E-state index contributed by atoms with van der Waals surface area (Å²) >= 11 is 5.93. The second-order valence-corrected chi connectivity index (χ2v) is 3.37. The average Bonchev–Trinajstić information content (AvgIpc) is 2.26. The normalized spacial score (nSPS) is 10.6. The first-order chi connectivity index (χ1) is 7.67. The van der Waals surface area contributed by atoms with Crippen LogP contribution in [0.4, 0.5) is 5.69 Å². The fraction of sp³-hybridized carbons (Fsp3) is 0.300. The zero-order valence-corrected chi connectivity index (χ0v) is 12.4. The Balaban J connectivity index is 0.00000256. The van der Waals surface area contributed by atoms with Crippen LogP contribution in [-0.2, 0) is 0 Å². The van der Waals surface area contributed by atoms with E-state index in [2.05, 4.69) is 10.3 Å². The van der Waals surface area contributed by atoms with E-state index in [9.17, 15) is 0 Å². The van der Waals surface area contributed by atoms with Gasteiger partial charge in [-0.05, 0) is 18.2 Å². The third-order valence-corrected chi connectivity index (χ3v) is 2.10. The summed E-state index contributed by atoms with van der Waals surface area (Å²) in [6.45, 7) is 0.231. The highest BCUT2D eigenvalue weighted by atomic mass is 127. The fourth-order valence-corrected chi connectivity index (χ4v) is 1.36. The number of benzene rings is 1. The van der Waals surface area contributed by atoms with Gasteiger partial charge in [-0.25, -0.2) is 0 Å². The maximum Gasteiger partial charge on any atom is 0.193 e. The summed E-state index contributed by atoms with van der Waals surface area (Å²) in [5.74, 6) is 0.827. The van der Waals surface area contributed by atoms with Crippen LogP contribution < -0.4 is 15.8 Å². The topological polar surface area (TPSA) is 79.9 Å². The van der Waals surface area contributed by atoms with Crippen LogP contribution in [0, 0.1) is 0 Å². The van der Waals surface area contributed by atoms with Gasteiger partial charge in [0.15, 0.2) is 5.96 Å². The van der Waals surface area contributed by atoms with Crippen molar-refractivity contribution in [2.75, 3.05) is 25.6 Å². The number of nitrogens with one attached hydrogen (secondary N) is 1. The first-order valence-electron chi connectivity index (χ1n) is 4.68. The average molecular weight is 372 g/mol. The molecular formula is C10H15ClIN3O2. The number of aliphatic imine (C=N–C) groups is 1. The van der Waals surface area contributed by atoms with Crippen molar-refractivity contribution in [3.05, 3.63) is 23.2 Å². The molecule has 96 valence electrons. The van der Waals surface area contributed by atoms with Crippen molar-refractivity contribution in [2.24, 2.45) is 10.7 Å². The van der Waals surface area contributed by atoms with E-state index >= 15 is 0 Å². The molecule has 0 heterocycles. The standard InChI is InChI=1S/C10H14ClN3O2.HI/c1-16-9-3-2-7(6-8(9)11)14-10(12)13-4-5-15;/h2-3,6,15H,4-5H2,1H3,(H3,12,13,14);1H. The maximum atomic E-state index is 8.57. The van der Waals surface area contributed by atoms with Crippen LogP contribution in [-0.4, -0.2) is 31.3 Å². The van der Waals surface area contributed by atoms with Crippen LogP contribution in [0.3, 0.4) is 0 Å². The van der Waals surface area contributed by atoms with Gasteiger partial charge in [0.2, 0.25) is 0 Å². The molecule has 5 nitrogen and oxygen atoms in total. The van der Waals surface area contributed by atoms with Gasteiger partial charge in [0.05, 0.1) is 25.3 Å². The fourth-order valence-electron chi connectivity index (χ4n) is 1.10. The summed E-state index contributed by atoms with van der Waals surface area (Å²) in [6.07, 6.45) is 0. The van der Waals surface area contributed by atoms with E-state index < -0.39 is 0 Å². The number of hydrogen-bond donors (Lipinski definition) is 3. The lowest BCUT2D eigenvalue weighted by Gasteiger charge is -2.08. The second-order valence-electron chi connectivity index (χ2n) is 2.96. The van der Waals surface area contributed by atoms with Crippen molar-refractivity contribution in [2.45, 2.75) is 0 Å². The van der Waals surface area contributed by atoms with Gasteiger partial charge in [0.25, 0.3) is 0 Å². The number of halogens is 2. The van der Waals surface area contributed by atoms with Crippen molar-refractivity contribution in [1.29, 1.82) is 0 Å². The largest absolute Gasteiger partial charge is 0.495 e. The second kappa shape index (κ2) is 8.37. The molecule has 0 aromatic heterocycles. The minimum absolute atomic E-state index is 0. The lowest BCUT2D eigenvalue weighted by Crippen LogP contribution is -2.23. The Hall–Kier alpha value is -0.730. The molecule has 0 aliphatic heterocycles. The summed E-state index contributed by atoms with van der Waals surface area (Å²) in [6, 6.07) is 5.18. The molecule has 0 aliphatic rings. The number of nitrogens with zero attached hydrogens (tertiary/aromatic N) is 1. The molecule has 7 heteroatoms. The smallest absolute Gasteiger partial charge is 0.193 e. The van der Waals surface area contributed by atoms with Gasteiger partial charge in [-0.3, -0.25) is 4.99 Å². The van der Waals surface area contributed by atoms with E-state index in [1.165, 1.54) is 0 Å². The predicted molar refractivity (Wildman–Crippen MR) is 80.6 cm³/mol. The molecule has 0 saturated heterocycles. The number of ether oxygens (including phenoxy) is 1. The van der Waals surface area contributed by atoms with E-state index in [0.29, 0.717) is 16.5 Å². The number of guanidine groups is 1. The monoisotopic (exact) mass is 371 g/mol. The number of aliphatic hydroxyl groups is 1. The Kier molecular flexibility index (Phi) is 8.01. The first-order valence-corrected chi connectivity index (χ1v) is 5.06. The number of hydrogen-bond acceptors (Lipinski definition) is 3. The third-order valence-electron chi connectivity index (χ3n) is 1.81. The summed E-state index contributed by atoms with van der Waals surface area (Å²) in [5, 5.41) is 11.9. The molecule has 0 spiro atoms. The third kappa shape index (κ3) is 5.42. The van der Waals surface area contributed by atoms with Gasteiger partial charge in [-0.2, -0.15) is 0 Å². The molecule has 0 radical (unpaired) electrons. The van der Waals surface area contributed by atoms with Crippen molar-refractivity contribution in [1.82, 2.24) is 0 Å². The predicted octanol–water partition coefficient (Wildman–Crippen LogP) is 1.69. The minimum atomic E-state index is -0.0360. The zero-order chi connectivity index (χ0) is 12.0. The Morgan fingerprint density at radius 2 is 2.29 bits per heavy atom. The quantitative estimate of drug-likeness (QED) is 0.427. The van der Waals surface area contributed by atoms with E-state index in [0.717, 1.165) is 0 Å². The van der Waals surface area contributed by atoms with Crippen LogP contribution in [0.2, 0.25) is 5.02 Å². The van der Waals surface area contributed by atoms with Gasteiger partial charge in [-0.1, -0.05) is 11.6 Å². The minimum Gasteiger partial charge on any atom is -0.495 e. The van der Waals surface area contributed by atoms with E-state index in [1.54, 1.807) is 25.3 Å². The van der Waals surface area contributed by atoms with Gasteiger partial charge in [-0.15, -0.1) is 24.0 Å². The van der Waals surface area contributed by atoms with Crippen LogP contribution >= 0.6 is 35.6 Å². The zero-order valence-electron chi connectivity index (χ0n) is 9.31. The van der Waals surface area contributed by atoms with Gasteiger partial charge >= 0.3 is 0 Å². The molecule has 4 N–H and O–H groups in total. The van der Waals surface area contributed by atoms with Crippen molar-refractivity contribution < 1.29 is 9.84 Å².